The zero-order chi connectivity index (χ0) is 25.5. The van der Waals surface area contributed by atoms with Gasteiger partial charge in [0, 0.05) is 12.4 Å². The Kier molecular flexibility index (Phi) is 7.52. The van der Waals surface area contributed by atoms with Gasteiger partial charge in [0.25, 0.3) is 0 Å². The monoisotopic (exact) mass is 500 g/mol. The topological polar surface area (TPSA) is 114 Å². The first-order valence-corrected chi connectivity index (χ1v) is 10.9. The predicted molar refractivity (Wildman–Crippen MR) is 124 cm³/mol. The molecule has 0 radical (unpaired) electrons. The van der Waals surface area contributed by atoms with E-state index in [0.29, 0.717) is 18.0 Å². The van der Waals surface area contributed by atoms with E-state index in [1.165, 1.54) is 12.4 Å². The molecule has 4 rings (SSSR count). The number of H-pyrrole nitrogens is 1. The number of fused-ring (bicyclic) bond motifs is 1. The Morgan fingerprint density at radius 3 is 2.56 bits per heavy atom. The summed E-state index contributed by atoms with van der Waals surface area (Å²) in [4.78, 5) is 28.4. The van der Waals surface area contributed by atoms with E-state index < -0.39 is 24.9 Å². The van der Waals surface area contributed by atoms with Crippen LogP contribution in [-0.4, -0.2) is 45.9 Å². The van der Waals surface area contributed by atoms with Crippen molar-refractivity contribution in [2.75, 3.05) is 13.7 Å². The summed E-state index contributed by atoms with van der Waals surface area (Å²) < 4.78 is 47.5. The van der Waals surface area contributed by atoms with Crippen LogP contribution in [0.4, 0.5) is 18.0 Å². The number of nitrogens with one attached hydrogen (secondary N) is 3. The Labute approximate surface area is 204 Å². The lowest BCUT2D eigenvalue weighted by atomic mass is 10.1. The highest BCUT2D eigenvalue weighted by molar-refractivity contribution is 5.76. The summed E-state index contributed by atoms with van der Waals surface area (Å²) in [5.74, 6) is 0.954. The maximum atomic E-state index is 12.8. The van der Waals surface area contributed by atoms with Gasteiger partial charge in [0.2, 0.25) is 5.88 Å². The van der Waals surface area contributed by atoms with Crippen LogP contribution in [0.5, 0.6) is 11.6 Å². The second-order valence-electron chi connectivity index (χ2n) is 7.78. The molecule has 2 heterocycles. The molecule has 12 heteroatoms. The van der Waals surface area contributed by atoms with Crippen LogP contribution in [0.3, 0.4) is 0 Å². The molecule has 0 aliphatic heterocycles. The van der Waals surface area contributed by atoms with Crippen LogP contribution < -0.4 is 20.1 Å². The van der Waals surface area contributed by atoms with Gasteiger partial charge in [0.1, 0.15) is 17.3 Å². The van der Waals surface area contributed by atoms with E-state index in [9.17, 15) is 18.0 Å². The average Bonchev–Trinajstić information content (AvgIpc) is 3.31. The minimum absolute atomic E-state index is 0.0624. The van der Waals surface area contributed by atoms with Crippen LogP contribution in [0.25, 0.3) is 11.0 Å². The third-order valence-electron chi connectivity index (χ3n) is 5.17. The van der Waals surface area contributed by atoms with Gasteiger partial charge in [0.15, 0.2) is 6.61 Å². The fraction of sp³-hybridized carbons (Fsp3) is 0.250. The number of methoxy groups -OCH3 is 1. The Bertz CT molecular complexity index is 1280. The van der Waals surface area contributed by atoms with E-state index in [-0.39, 0.29) is 18.1 Å². The third-order valence-corrected chi connectivity index (χ3v) is 5.17. The van der Waals surface area contributed by atoms with Crippen molar-refractivity contribution in [2.45, 2.75) is 25.2 Å². The van der Waals surface area contributed by atoms with Crippen LogP contribution in [0.15, 0.2) is 60.9 Å². The molecule has 3 N–H and O–H groups in total. The Morgan fingerprint density at radius 1 is 1.08 bits per heavy atom. The number of aromatic amines is 1. The lowest BCUT2D eigenvalue weighted by molar-refractivity contribution is -0.154. The minimum Gasteiger partial charge on any atom is -0.497 e. The lowest BCUT2D eigenvalue weighted by Crippen LogP contribution is -2.39. The summed E-state index contributed by atoms with van der Waals surface area (Å²) in [5.41, 5.74) is 2.56. The summed E-state index contributed by atoms with van der Waals surface area (Å²) in [6.07, 6.45) is -1.60. The van der Waals surface area contributed by atoms with Gasteiger partial charge in [-0.15, -0.1) is 0 Å². The third kappa shape index (κ3) is 6.62. The molecule has 0 saturated carbocycles. The molecule has 188 valence electrons. The van der Waals surface area contributed by atoms with Crippen molar-refractivity contribution >= 4 is 17.1 Å². The molecule has 0 aliphatic carbocycles. The van der Waals surface area contributed by atoms with Crippen LogP contribution in [0.2, 0.25) is 0 Å². The number of nitrogens with zero attached hydrogens (tertiary/aromatic N) is 3. The maximum Gasteiger partial charge on any atom is 0.422 e. The Balaban J connectivity index is 1.47. The fourth-order valence-corrected chi connectivity index (χ4v) is 3.47. The van der Waals surface area contributed by atoms with Crippen LogP contribution >= 0.6 is 0 Å². The average molecular weight is 500 g/mol. The molecule has 0 bridgehead atoms. The zero-order valence-corrected chi connectivity index (χ0v) is 19.2. The Morgan fingerprint density at radius 2 is 1.83 bits per heavy atom. The van der Waals surface area contributed by atoms with Crippen molar-refractivity contribution in [2.24, 2.45) is 0 Å². The number of ether oxygens (including phenoxy) is 2. The molecule has 0 saturated heterocycles. The molecule has 0 fully saturated rings. The molecular weight excluding hydrogens is 477 g/mol. The highest BCUT2D eigenvalue weighted by atomic mass is 19.4. The first kappa shape index (κ1) is 24.8. The first-order valence-electron chi connectivity index (χ1n) is 10.9. The number of hydrogen-bond acceptors (Lipinski definition) is 6. The summed E-state index contributed by atoms with van der Waals surface area (Å²) >= 11 is 0. The number of rotatable bonds is 9. The second-order valence-corrected chi connectivity index (χ2v) is 7.78. The number of hydrogen-bond donors (Lipinski definition) is 3. The van der Waals surface area contributed by atoms with Crippen molar-refractivity contribution in [1.82, 2.24) is 30.6 Å². The number of halogens is 3. The number of amides is 2. The Hall–Kier alpha value is -4.35. The van der Waals surface area contributed by atoms with E-state index >= 15 is 0 Å². The highest BCUT2D eigenvalue weighted by Crippen LogP contribution is 2.22. The number of imidazole rings is 1. The molecule has 1 atom stereocenters. The molecule has 2 amide bonds. The zero-order valence-electron chi connectivity index (χ0n) is 19.2. The lowest BCUT2D eigenvalue weighted by Gasteiger charge is -2.18. The number of carbonyl (C=O) groups is 1. The molecule has 2 aromatic carbocycles. The minimum atomic E-state index is -4.53. The molecule has 0 spiro atoms. The van der Waals surface area contributed by atoms with E-state index in [4.69, 9.17) is 9.47 Å². The van der Waals surface area contributed by atoms with Gasteiger partial charge < -0.3 is 25.1 Å². The smallest absolute Gasteiger partial charge is 0.422 e. The van der Waals surface area contributed by atoms with Gasteiger partial charge >= 0.3 is 12.2 Å². The number of benzene rings is 2. The van der Waals surface area contributed by atoms with E-state index in [0.717, 1.165) is 16.6 Å². The van der Waals surface area contributed by atoms with Crippen molar-refractivity contribution in [3.63, 3.8) is 0 Å². The van der Waals surface area contributed by atoms with Crippen LogP contribution in [0, 0.1) is 0 Å². The molecule has 9 nitrogen and oxygen atoms in total. The van der Waals surface area contributed by atoms with Crippen molar-refractivity contribution in [3.05, 3.63) is 78.0 Å². The molecular formula is C24H23F3N6O3. The van der Waals surface area contributed by atoms with Crippen molar-refractivity contribution in [1.29, 1.82) is 0 Å². The number of carbonyl (C=O) groups excluding carboxylic acids is 1. The SMILES string of the molecule is COc1ccc(C[C@@H](NC(=O)NCc2nccnc2OCC(F)(F)F)c2nc3ccccc3[nH]2)cc1. The van der Waals surface area contributed by atoms with Gasteiger partial charge in [-0.05, 0) is 36.2 Å². The van der Waals surface area contributed by atoms with Gasteiger partial charge in [-0.25, -0.2) is 14.8 Å². The quantitative estimate of drug-likeness (QED) is 0.319. The van der Waals surface area contributed by atoms with Gasteiger partial charge in [-0.1, -0.05) is 24.3 Å². The van der Waals surface area contributed by atoms with Gasteiger partial charge in [-0.2, -0.15) is 13.2 Å². The molecule has 0 unspecified atom stereocenters. The largest absolute Gasteiger partial charge is 0.497 e. The summed E-state index contributed by atoms with van der Waals surface area (Å²) in [7, 11) is 1.58. The number of alkyl halides is 3. The fourth-order valence-electron chi connectivity index (χ4n) is 3.47. The number of aromatic nitrogens is 4. The maximum absolute atomic E-state index is 12.8. The highest BCUT2D eigenvalue weighted by Gasteiger charge is 2.29. The molecule has 2 aromatic heterocycles. The van der Waals surface area contributed by atoms with Crippen LogP contribution in [-0.2, 0) is 13.0 Å². The predicted octanol–water partition coefficient (Wildman–Crippen LogP) is 4.09. The van der Waals surface area contributed by atoms with Gasteiger partial charge in [-0.3, -0.25) is 4.98 Å². The molecule has 4 aromatic rings. The van der Waals surface area contributed by atoms with Crippen LogP contribution in [0.1, 0.15) is 23.1 Å². The summed E-state index contributed by atoms with van der Waals surface area (Å²) in [6.45, 7) is -1.71. The second kappa shape index (κ2) is 10.9. The van der Waals surface area contributed by atoms with E-state index in [1.54, 1.807) is 7.11 Å². The molecule has 36 heavy (non-hydrogen) atoms. The number of para-hydroxylation sites is 2. The first-order chi connectivity index (χ1) is 17.3. The summed E-state index contributed by atoms with van der Waals surface area (Å²) in [5, 5.41) is 5.47. The van der Waals surface area contributed by atoms with Gasteiger partial charge in [0.05, 0.1) is 30.7 Å². The van der Waals surface area contributed by atoms with E-state index in [1.807, 2.05) is 48.5 Å². The van der Waals surface area contributed by atoms with Crippen molar-refractivity contribution in [3.8, 4) is 11.6 Å². The standard InChI is InChI=1S/C24H23F3N6O3/c1-35-16-8-6-15(7-9-16)12-19(21-31-17-4-2-3-5-18(17)32-21)33-23(34)30-13-20-22(29-11-10-28-20)36-14-24(25,26)27/h2-11,19H,12-14H2,1H3,(H,31,32)(H2,30,33,34)/t19-/m1/s1. The van der Waals surface area contributed by atoms with Crippen molar-refractivity contribution < 1.29 is 27.4 Å². The molecule has 0 aliphatic rings. The number of urea groups is 1. The summed E-state index contributed by atoms with van der Waals surface area (Å²) in [6, 6.07) is 13.8. The van der Waals surface area contributed by atoms with E-state index in [2.05, 4.69) is 30.6 Å². The normalized spacial score (nSPS) is 12.2.